The summed E-state index contributed by atoms with van der Waals surface area (Å²) < 4.78 is 0. The van der Waals surface area contributed by atoms with E-state index in [0.29, 0.717) is 0 Å². The van der Waals surface area contributed by atoms with E-state index in [-0.39, 0.29) is 0 Å². The van der Waals surface area contributed by atoms with Gasteiger partial charge in [0.15, 0.2) is 0 Å². The molecule has 1 nitrogen and oxygen atoms in total. The maximum absolute atomic E-state index is 3.33. The quantitative estimate of drug-likeness (QED) is 0.495. The number of thioether (sulfide) groups is 1. The Morgan fingerprint density at radius 1 is 1.71 bits per heavy atom. The SMILES string of the molecule is C1NCC2C[C]1S2. The van der Waals surface area contributed by atoms with Crippen LogP contribution in [-0.4, -0.2) is 18.3 Å². The van der Waals surface area contributed by atoms with Crippen molar-refractivity contribution in [1.29, 1.82) is 0 Å². The van der Waals surface area contributed by atoms with Crippen LogP contribution >= 0.6 is 11.8 Å². The third kappa shape index (κ3) is 0.572. The molecule has 0 aromatic carbocycles. The van der Waals surface area contributed by atoms with Crippen molar-refractivity contribution in [3.05, 3.63) is 5.25 Å². The van der Waals surface area contributed by atoms with Crippen LogP contribution in [-0.2, 0) is 0 Å². The van der Waals surface area contributed by atoms with Crippen LogP contribution in [0, 0.1) is 5.25 Å². The van der Waals surface area contributed by atoms with Gasteiger partial charge in [-0.15, -0.1) is 11.8 Å². The highest BCUT2D eigenvalue weighted by molar-refractivity contribution is 8.04. The molecule has 0 spiro atoms. The number of nitrogens with one attached hydrogen (secondary N) is 1. The lowest BCUT2D eigenvalue weighted by Crippen LogP contribution is -2.43. The Morgan fingerprint density at radius 3 is 2.71 bits per heavy atom. The van der Waals surface area contributed by atoms with Crippen LogP contribution in [0.15, 0.2) is 0 Å². The fraction of sp³-hybridized carbons (Fsp3) is 0.800. The molecule has 0 aromatic heterocycles. The Hall–Kier alpha value is 0.310. The van der Waals surface area contributed by atoms with Crippen molar-refractivity contribution in [2.45, 2.75) is 11.7 Å². The van der Waals surface area contributed by atoms with Crippen molar-refractivity contribution >= 4 is 11.8 Å². The van der Waals surface area contributed by atoms with Gasteiger partial charge in [-0.2, -0.15) is 0 Å². The van der Waals surface area contributed by atoms with Gasteiger partial charge in [-0.05, 0) is 6.42 Å². The smallest absolute Gasteiger partial charge is 0.0457 e. The van der Waals surface area contributed by atoms with E-state index in [4.69, 9.17) is 0 Å². The number of fused-ring (bicyclic) bond motifs is 2. The lowest BCUT2D eigenvalue weighted by Gasteiger charge is -2.39. The zero-order valence-electron chi connectivity index (χ0n) is 4.11. The average Bonchev–Trinajstić information content (AvgIpc) is 1.67. The van der Waals surface area contributed by atoms with Gasteiger partial charge < -0.3 is 5.32 Å². The van der Waals surface area contributed by atoms with Gasteiger partial charge in [0.2, 0.25) is 0 Å². The molecule has 2 bridgehead atoms. The fourth-order valence-electron chi connectivity index (χ4n) is 1.08. The third-order valence-electron chi connectivity index (χ3n) is 1.48. The highest BCUT2D eigenvalue weighted by atomic mass is 32.2. The van der Waals surface area contributed by atoms with Crippen molar-refractivity contribution in [2.24, 2.45) is 0 Å². The predicted octanol–water partition coefficient (Wildman–Crippen LogP) is 0.627. The summed E-state index contributed by atoms with van der Waals surface area (Å²) in [6, 6.07) is 0. The average molecular weight is 114 g/mol. The first-order valence-corrected chi connectivity index (χ1v) is 3.55. The maximum Gasteiger partial charge on any atom is 0.0457 e. The Kier molecular flexibility index (Phi) is 0.837. The topological polar surface area (TPSA) is 12.0 Å². The van der Waals surface area contributed by atoms with Gasteiger partial charge >= 0.3 is 0 Å². The number of rotatable bonds is 0. The summed E-state index contributed by atoms with van der Waals surface area (Å²) in [5.41, 5.74) is 0. The van der Waals surface area contributed by atoms with Crippen LogP contribution in [0.4, 0.5) is 0 Å². The van der Waals surface area contributed by atoms with Crippen molar-refractivity contribution in [1.82, 2.24) is 5.32 Å². The highest BCUT2D eigenvalue weighted by Crippen LogP contribution is 2.44. The van der Waals surface area contributed by atoms with E-state index in [0.717, 1.165) is 5.25 Å². The molecular formula is C5H8NS. The zero-order valence-corrected chi connectivity index (χ0v) is 4.92. The van der Waals surface area contributed by atoms with Crippen molar-refractivity contribution < 1.29 is 0 Å². The number of hydrogen-bond acceptors (Lipinski definition) is 2. The van der Waals surface area contributed by atoms with Gasteiger partial charge in [0.05, 0.1) is 0 Å². The second-order valence-electron chi connectivity index (χ2n) is 2.11. The number of hydrogen-bond donors (Lipinski definition) is 1. The van der Waals surface area contributed by atoms with Gasteiger partial charge in [-0.25, -0.2) is 0 Å². The molecule has 3 rings (SSSR count). The van der Waals surface area contributed by atoms with Gasteiger partial charge in [-0.3, -0.25) is 0 Å². The summed E-state index contributed by atoms with van der Waals surface area (Å²) in [5, 5.41) is 5.94. The van der Waals surface area contributed by atoms with E-state index in [2.05, 4.69) is 17.1 Å². The van der Waals surface area contributed by atoms with E-state index in [1.54, 1.807) is 5.25 Å². The van der Waals surface area contributed by atoms with Crippen LogP contribution in [0.25, 0.3) is 0 Å². The Balaban J connectivity index is 1.99. The molecule has 3 heterocycles. The molecule has 39 valence electrons. The molecule has 3 fully saturated rings. The first-order valence-electron chi connectivity index (χ1n) is 2.67. The second-order valence-corrected chi connectivity index (χ2v) is 3.59. The normalized spacial score (nSPS) is 40.3. The molecule has 2 heteroatoms. The minimum absolute atomic E-state index is 0.948. The summed E-state index contributed by atoms with van der Waals surface area (Å²) in [4.78, 5) is 0. The van der Waals surface area contributed by atoms with E-state index in [1.807, 2.05) is 0 Å². The van der Waals surface area contributed by atoms with Crippen LogP contribution in [0.2, 0.25) is 0 Å². The minimum Gasteiger partial charge on any atom is -0.314 e. The van der Waals surface area contributed by atoms with Crippen molar-refractivity contribution in [2.75, 3.05) is 13.1 Å². The van der Waals surface area contributed by atoms with Gasteiger partial charge in [0, 0.05) is 23.6 Å². The van der Waals surface area contributed by atoms with E-state index < -0.39 is 0 Å². The molecule has 0 amide bonds. The minimum atomic E-state index is 0.948. The lowest BCUT2D eigenvalue weighted by molar-refractivity contribution is 0.570. The second kappa shape index (κ2) is 1.39. The van der Waals surface area contributed by atoms with Gasteiger partial charge in [0.25, 0.3) is 0 Å². The summed E-state index contributed by atoms with van der Waals surface area (Å²) in [6.45, 7) is 2.43. The van der Waals surface area contributed by atoms with Gasteiger partial charge in [-0.1, -0.05) is 0 Å². The van der Waals surface area contributed by atoms with Crippen LogP contribution < -0.4 is 5.32 Å². The van der Waals surface area contributed by atoms with E-state index >= 15 is 0 Å². The van der Waals surface area contributed by atoms with E-state index in [1.165, 1.54) is 19.5 Å². The van der Waals surface area contributed by atoms with Gasteiger partial charge in [0.1, 0.15) is 0 Å². The molecule has 0 saturated carbocycles. The Bertz CT molecular complexity index is 64.6. The first-order chi connectivity index (χ1) is 3.45. The highest BCUT2D eigenvalue weighted by Gasteiger charge is 2.33. The van der Waals surface area contributed by atoms with Crippen molar-refractivity contribution in [3.8, 4) is 0 Å². The summed E-state index contributed by atoms with van der Waals surface area (Å²) in [5.74, 6) is 0. The molecule has 3 aliphatic heterocycles. The summed E-state index contributed by atoms with van der Waals surface area (Å²) in [7, 11) is 0. The predicted molar refractivity (Wildman–Crippen MR) is 32.1 cm³/mol. The molecule has 0 aromatic rings. The largest absolute Gasteiger partial charge is 0.314 e. The summed E-state index contributed by atoms with van der Waals surface area (Å²) in [6.07, 6.45) is 1.40. The van der Waals surface area contributed by atoms with Crippen LogP contribution in [0.1, 0.15) is 6.42 Å². The molecule has 1 atom stereocenters. The van der Waals surface area contributed by atoms with E-state index in [9.17, 15) is 0 Å². The molecule has 0 aliphatic carbocycles. The molecule has 3 saturated heterocycles. The van der Waals surface area contributed by atoms with Crippen LogP contribution in [0.5, 0.6) is 0 Å². The van der Waals surface area contributed by atoms with Crippen molar-refractivity contribution in [3.63, 3.8) is 0 Å². The van der Waals surface area contributed by atoms with Crippen LogP contribution in [0.3, 0.4) is 0 Å². The Labute approximate surface area is 47.9 Å². The Morgan fingerprint density at radius 2 is 2.57 bits per heavy atom. The first kappa shape index (κ1) is 4.21. The lowest BCUT2D eigenvalue weighted by atomic mass is 10.1. The maximum atomic E-state index is 3.33. The third-order valence-corrected chi connectivity index (χ3v) is 2.79. The zero-order chi connectivity index (χ0) is 4.69. The number of piperidine rings is 1. The standard InChI is InChI=1S/C5H8NS/c1-4-2-6-3-5(1)7-4/h4,6H,1-3H2. The molecule has 1 N–H and O–H groups in total. The summed E-state index contributed by atoms with van der Waals surface area (Å²) >= 11 is 2.07. The fourth-order valence-corrected chi connectivity index (χ4v) is 2.22. The molecular weight excluding hydrogens is 106 g/mol. The molecule has 3 aliphatic rings. The monoisotopic (exact) mass is 114 g/mol. The molecule has 1 radical (unpaired) electrons. The molecule has 7 heavy (non-hydrogen) atoms. The molecule has 1 unspecified atom stereocenters.